The molecule has 0 spiro atoms. The Kier molecular flexibility index (Phi) is 19.9. The topological polar surface area (TPSA) is 165 Å². The van der Waals surface area contributed by atoms with Crippen molar-refractivity contribution in [3.8, 4) is 11.5 Å². The summed E-state index contributed by atoms with van der Waals surface area (Å²) in [6.07, 6.45) is 4.77. The van der Waals surface area contributed by atoms with Crippen molar-refractivity contribution in [1.82, 2.24) is 9.88 Å². The van der Waals surface area contributed by atoms with Crippen molar-refractivity contribution in [1.29, 1.82) is 0 Å². The number of alkyl halides is 1. The Morgan fingerprint density at radius 2 is 1.63 bits per heavy atom. The lowest BCUT2D eigenvalue weighted by molar-refractivity contribution is -0.296. The van der Waals surface area contributed by atoms with Gasteiger partial charge in [-0.05, 0) is 109 Å². The fraction of sp³-hybridized carbons (Fsp3) is 0.725. The number of aliphatic hydroxyl groups excluding tert-OH is 1. The number of aromatic nitrogens is 1. The van der Waals surface area contributed by atoms with E-state index in [9.17, 15) is 14.7 Å². The van der Waals surface area contributed by atoms with Gasteiger partial charge in [0, 0.05) is 92.9 Å². The standard InChI is InChI=1S/C51H74Cl2IN3O12S/c1-27-23-50(6,64-12)45(67-48-41(56(8)9)39(63-11)21-28(2)65-48)30(4)43(59)31(5)46(60)68-49(54)51(7)40(29(3)42(27)58)44(47(61)69-51)70-20-19-57(26-34-35(52)24-55-25-36(34)53)32-17-18-37(62-10)38(22-32)66-33-15-13-14-16-33/h17-18,22,24-25,27-31,33,39-41,43-45,48-49,59H,13-16,19-21,23,26H2,1-12H3/t27-,28-,29-,30+,31-,39-,40+,41+,43+,44?,45-,48+,49+,50-,51+/m1/s1. The monoisotopic (exact) mass is 1150 g/mol. The minimum atomic E-state index is -1.43. The third kappa shape index (κ3) is 12.5. The van der Waals surface area contributed by atoms with Crippen LogP contribution < -0.4 is 14.4 Å². The van der Waals surface area contributed by atoms with Crippen LogP contribution in [-0.2, 0) is 49.3 Å². The van der Waals surface area contributed by atoms with Gasteiger partial charge in [0.1, 0.15) is 11.0 Å². The molecule has 1 unspecified atom stereocenters. The number of Topliss-reactive ketones (excluding diaryl/α,β-unsaturated/α-hetero) is 1. The smallest absolute Gasteiger partial charge is 0.320 e. The van der Waals surface area contributed by atoms with Gasteiger partial charge in [0.25, 0.3) is 0 Å². The van der Waals surface area contributed by atoms with Gasteiger partial charge in [0.15, 0.2) is 27.5 Å². The first-order valence-electron chi connectivity index (χ1n) is 24.4. The maximum Gasteiger partial charge on any atom is 0.320 e. The number of benzene rings is 1. The number of methoxy groups -OCH3 is 3. The van der Waals surface area contributed by atoms with E-state index in [1.807, 2.05) is 87.5 Å². The molecule has 1 aromatic carbocycles. The summed E-state index contributed by atoms with van der Waals surface area (Å²) in [6, 6.07) is 5.47. The number of halogens is 3. The zero-order valence-electron chi connectivity index (χ0n) is 42.7. The van der Waals surface area contributed by atoms with Gasteiger partial charge in [0.2, 0.25) is 0 Å². The first kappa shape index (κ1) is 57.1. The maximum atomic E-state index is 15.1. The first-order chi connectivity index (χ1) is 33.1. The number of thioether (sulfide) groups is 1. The predicted octanol–water partition coefficient (Wildman–Crippen LogP) is 8.81. The van der Waals surface area contributed by atoms with Gasteiger partial charge in [-0.2, -0.15) is 0 Å². The van der Waals surface area contributed by atoms with E-state index in [4.69, 9.17) is 61.1 Å². The molecule has 0 radical (unpaired) electrons. The Hall–Kier alpha value is -2.20. The highest BCUT2D eigenvalue weighted by atomic mass is 127. The summed E-state index contributed by atoms with van der Waals surface area (Å²) in [5.74, 6) is -3.57. The number of cyclic esters (lactones) is 1. The molecule has 70 heavy (non-hydrogen) atoms. The van der Waals surface area contributed by atoms with Crippen LogP contribution in [0.2, 0.25) is 10.0 Å². The third-order valence-electron chi connectivity index (χ3n) is 15.2. The number of esters is 2. The fourth-order valence-electron chi connectivity index (χ4n) is 11.1. The number of ether oxygens (including phenoxy) is 8. The van der Waals surface area contributed by atoms with Crippen LogP contribution in [0.4, 0.5) is 5.69 Å². The highest BCUT2D eigenvalue weighted by Gasteiger charge is 2.61. The van der Waals surface area contributed by atoms with Crippen LogP contribution in [-0.4, -0.2) is 144 Å². The minimum Gasteiger partial charge on any atom is -0.493 e. The second kappa shape index (κ2) is 24.4. The Bertz CT molecular complexity index is 2100. The van der Waals surface area contributed by atoms with E-state index in [0.29, 0.717) is 52.4 Å². The zero-order valence-corrected chi connectivity index (χ0v) is 47.1. The normalized spacial score (nSPS) is 35.8. The lowest BCUT2D eigenvalue weighted by atomic mass is 9.72. The van der Waals surface area contributed by atoms with E-state index < -0.39 is 80.6 Å². The molecule has 1 N–H and O–H groups in total. The number of fused-ring (bicyclic) bond motifs is 1. The average Bonchev–Trinajstić information content (AvgIpc) is 3.93. The predicted molar refractivity (Wildman–Crippen MR) is 279 cm³/mol. The number of pyridine rings is 1. The molecule has 392 valence electrons. The molecule has 4 fully saturated rings. The van der Waals surface area contributed by atoms with Gasteiger partial charge >= 0.3 is 11.9 Å². The molecule has 6 rings (SSSR count). The number of nitrogens with zero attached hydrogens (tertiary/aromatic N) is 3. The molecular weight excluding hydrogens is 1080 g/mol. The van der Waals surface area contributed by atoms with Crippen molar-refractivity contribution < 1.29 is 57.4 Å². The number of ketones is 1. The van der Waals surface area contributed by atoms with Crippen LogP contribution in [0, 0.1) is 29.6 Å². The Morgan fingerprint density at radius 1 is 0.957 bits per heavy atom. The number of hydrogen-bond donors (Lipinski definition) is 1. The van der Waals surface area contributed by atoms with E-state index in [1.165, 1.54) is 11.8 Å². The number of carbonyl (C=O) groups is 3. The summed E-state index contributed by atoms with van der Waals surface area (Å²) in [7, 11) is 8.70. The molecule has 15 nitrogen and oxygen atoms in total. The summed E-state index contributed by atoms with van der Waals surface area (Å²) in [5.41, 5.74) is -1.11. The van der Waals surface area contributed by atoms with E-state index in [0.717, 1.165) is 31.4 Å². The molecule has 0 bridgehead atoms. The molecule has 19 heteroatoms. The van der Waals surface area contributed by atoms with Crippen molar-refractivity contribution in [3.05, 3.63) is 46.2 Å². The number of carbonyl (C=O) groups excluding carboxylic acids is 3. The van der Waals surface area contributed by atoms with Crippen molar-refractivity contribution >= 4 is 81.0 Å². The van der Waals surface area contributed by atoms with Crippen LogP contribution in [0.25, 0.3) is 0 Å². The van der Waals surface area contributed by atoms with Crippen LogP contribution in [0.15, 0.2) is 30.6 Å². The van der Waals surface area contributed by atoms with Gasteiger partial charge in [0.05, 0.1) is 65.2 Å². The van der Waals surface area contributed by atoms with Crippen LogP contribution in [0.1, 0.15) is 92.6 Å². The fourth-order valence-corrected chi connectivity index (χ4v) is 13.8. The number of anilines is 1. The van der Waals surface area contributed by atoms with Crippen molar-refractivity contribution in [2.45, 2.75) is 157 Å². The van der Waals surface area contributed by atoms with Crippen molar-refractivity contribution in [2.24, 2.45) is 29.6 Å². The second-order valence-corrected chi connectivity index (χ2v) is 23.5. The highest BCUT2D eigenvalue weighted by Crippen LogP contribution is 2.50. The summed E-state index contributed by atoms with van der Waals surface area (Å²) < 4.78 is 49.4. The van der Waals surface area contributed by atoms with E-state index in [-0.39, 0.29) is 36.6 Å². The molecule has 3 saturated heterocycles. The molecule has 0 amide bonds. The minimum absolute atomic E-state index is 0.0862. The molecular formula is C51H74Cl2IN3O12S. The highest BCUT2D eigenvalue weighted by molar-refractivity contribution is 14.1. The quantitative estimate of drug-likeness (QED) is 0.102. The van der Waals surface area contributed by atoms with Gasteiger partial charge in [-0.25, -0.2) is 0 Å². The Morgan fingerprint density at radius 3 is 2.24 bits per heavy atom. The van der Waals surface area contributed by atoms with Crippen LogP contribution in [0.5, 0.6) is 11.5 Å². The molecule has 1 aromatic heterocycles. The van der Waals surface area contributed by atoms with Gasteiger partial charge in [-0.3, -0.25) is 24.3 Å². The lowest BCUT2D eigenvalue weighted by Gasteiger charge is -2.49. The number of likely N-dealkylation sites (N-methyl/N-ethyl adjacent to an activating group) is 1. The van der Waals surface area contributed by atoms with Gasteiger partial charge < -0.3 is 47.9 Å². The molecule has 15 atom stereocenters. The molecule has 2 aromatic rings. The molecule has 4 aliphatic rings. The van der Waals surface area contributed by atoms with Gasteiger partial charge in [-0.15, -0.1) is 11.8 Å². The average molecular weight is 1150 g/mol. The first-order valence-corrected chi connectivity index (χ1v) is 27.5. The third-order valence-corrected chi connectivity index (χ3v) is 18.6. The SMILES string of the molecule is COc1ccc(N(CCSC2C(=O)O[C@@]3(C)[C@H]2[C@@H](C)C(=O)[C@H](C)C[C@@](C)(OC)[C@H](O[C@@H]2O[C@H](C)C[C@@H](OC)[C@@H]2N(C)C)[C@@H](C)[C@H](O)[C@@H](C)C(=O)O[C@@H]3I)Cc2c(Cl)cncc2Cl)cc1OC1CCCC1. The number of aliphatic hydroxyl groups is 1. The largest absolute Gasteiger partial charge is 0.493 e. The van der Waals surface area contributed by atoms with E-state index in [1.54, 1.807) is 54.5 Å². The summed E-state index contributed by atoms with van der Waals surface area (Å²) in [5, 5.41) is 12.1. The maximum absolute atomic E-state index is 15.1. The van der Waals surface area contributed by atoms with Crippen LogP contribution >= 0.6 is 57.6 Å². The van der Waals surface area contributed by atoms with E-state index >= 15 is 4.79 Å². The Balaban J connectivity index is 1.32. The Labute approximate surface area is 442 Å². The lowest BCUT2D eigenvalue weighted by Crippen LogP contribution is -2.61. The number of rotatable bonds is 15. The number of hydrogen-bond acceptors (Lipinski definition) is 16. The molecule has 1 saturated carbocycles. The summed E-state index contributed by atoms with van der Waals surface area (Å²) >= 11 is 16.8. The van der Waals surface area contributed by atoms with Gasteiger partial charge in [-0.1, -0.05) is 44.0 Å². The van der Waals surface area contributed by atoms with Crippen molar-refractivity contribution in [3.63, 3.8) is 0 Å². The molecule has 3 aliphatic heterocycles. The zero-order chi connectivity index (χ0) is 51.4. The molecule has 1 aliphatic carbocycles. The van der Waals surface area contributed by atoms with E-state index in [2.05, 4.69) is 9.88 Å². The van der Waals surface area contributed by atoms with Crippen LogP contribution in [0.3, 0.4) is 0 Å². The molecule has 4 heterocycles. The summed E-state index contributed by atoms with van der Waals surface area (Å²) in [4.78, 5) is 51.9. The second-order valence-electron chi connectivity index (χ2n) is 20.3. The summed E-state index contributed by atoms with van der Waals surface area (Å²) in [6.45, 7) is 13.4. The van der Waals surface area contributed by atoms with Crippen molar-refractivity contribution in [2.75, 3.05) is 52.6 Å².